The molecule has 0 radical (unpaired) electrons. The fourth-order valence-electron chi connectivity index (χ4n) is 2.62. The number of benzene rings is 2. The van der Waals surface area contributed by atoms with Gasteiger partial charge in [0.05, 0.1) is 7.11 Å². The Bertz CT molecular complexity index is 585. The molecule has 2 aromatic rings. The van der Waals surface area contributed by atoms with Crippen LogP contribution in [-0.4, -0.2) is 13.2 Å². The van der Waals surface area contributed by atoms with E-state index >= 15 is 0 Å². The maximum Gasteiger partial charge on any atom is 0.123 e. The van der Waals surface area contributed by atoms with Crippen LogP contribution in [0.2, 0.25) is 0 Å². The monoisotopic (exact) mass is 287 g/mol. The summed E-state index contributed by atoms with van der Waals surface area (Å²) in [6.45, 7) is 4.22. The van der Waals surface area contributed by atoms with Gasteiger partial charge < -0.3 is 10.1 Å². The SMILES string of the molecule is COc1ccccc1[C@H](C)NC(C)Cc1cccc(F)c1. The zero-order valence-electron chi connectivity index (χ0n) is 12.8. The Morgan fingerprint density at radius 3 is 2.57 bits per heavy atom. The molecule has 3 heteroatoms. The van der Waals surface area contributed by atoms with E-state index in [1.807, 2.05) is 24.3 Å². The van der Waals surface area contributed by atoms with Crippen LogP contribution in [-0.2, 0) is 6.42 Å². The third kappa shape index (κ3) is 4.30. The number of rotatable bonds is 6. The molecule has 0 aliphatic carbocycles. The molecule has 2 rings (SSSR count). The van der Waals surface area contributed by atoms with Crippen molar-refractivity contribution < 1.29 is 9.13 Å². The van der Waals surface area contributed by atoms with Crippen molar-refractivity contribution in [3.63, 3.8) is 0 Å². The van der Waals surface area contributed by atoms with Crippen molar-refractivity contribution in [3.05, 3.63) is 65.5 Å². The van der Waals surface area contributed by atoms with Gasteiger partial charge in [-0.25, -0.2) is 4.39 Å². The van der Waals surface area contributed by atoms with Crippen LogP contribution in [0.25, 0.3) is 0 Å². The number of nitrogens with one attached hydrogen (secondary N) is 1. The predicted molar refractivity (Wildman–Crippen MR) is 84.1 cm³/mol. The van der Waals surface area contributed by atoms with Gasteiger partial charge in [0, 0.05) is 17.6 Å². The Morgan fingerprint density at radius 1 is 1.10 bits per heavy atom. The van der Waals surface area contributed by atoms with E-state index in [1.165, 1.54) is 6.07 Å². The fourth-order valence-corrected chi connectivity index (χ4v) is 2.62. The van der Waals surface area contributed by atoms with Gasteiger partial charge in [0.1, 0.15) is 11.6 Å². The van der Waals surface area contributed by atoms with E-state index in [2.05, 4.69) is 25.2 Å². The van der Waals surface area contributed by atoms with Crippen molar-refractivity contribution in [1.82, 2.24) is 5.32 Å². The topological polar surface area (TPSA) is 21.3 Å². The van der Waals surface area contributed by atoms with E-state index in [1.54, 1.807) is 19.2 Å². The van der Waals surface area contributed by atoms with Crippen molar-refractivity contribution in [2.45, 2.75) is 32.4 Å². The summed E-state index contributed by atoms with van der Waals surface area (Å²) in [6, 6.07) is 15.2. The standard InChI is InChI=1S/C18H22FNO/c1-13(11-15-7-6-8-16(19)12-15)20-14(2)17-9-4-5-10-18(17)21-3/h4-10,12-14,20H,11H2,1-3H3/t13?,14-/m0/s1. The van der Waals surface area contributed by atoms with Gasteiger partial charge in [-0.1, -0.05) is 30.3 Å². The highest BCUT2D eigenvalue weighted by molar-refractivity contribution is 5.35. The van der Waals surface area contributed by atoms with Gasteiger partial charge in [-0.15, -0.1) is 0 Å². The number of ether oxygens (including phenoxy) is 1. The third-order valence-electron chi connectivity index (χ3n) is 3.57. The lowest BCUT2D eigenvalue weighted by atomic mass is 10.0. The predicted octanol–water partition coefficient (Wildman–Crippen LogP) is 4.12. The first-order chi connectivity index (χ1) is 10.1. The van der Waals surface area contributed by atoms with Crippen LogP contribution in [0.3, 0.4) is 0 Å². The Balaban J connectivity index is 2.00. The minimum Gasteiger partial charge on any atom is -0.496 e. The quantitative estimate of drug-likeness (QED) is 0.863. The first-order valence-corrected chi connectivity index (χ1v) is 7.23. The molecule has 112 valence electrons. The van der Waals surface area contributed by atoms with Crippen LogP contribution in [0.5, 0.6) is 5.75 Å². The molecule has 1 N–H and O–H groups in total. The van der Waals surface area contributed by atoms with Gasteiger partial charge in [-0.05, 0) is 44.0 Å². The molecule has 0 aromatic heterocycles. The molecule has 2 aromatic carbocycles. The second-order valence-corrected chi connectivity index (χ2v) is 5.37. The largest absolute Gasteiger partial charge is 0.496 e. The lowest BCUT2D eigenvalue weighted by Gasteiger charge is -2.22. The molecule has 0 aliphatic heterocycles. The van der Waals surface area contributed by atoms with E-state index < -0.39 is 0 Å². The zero-order chi connectivity index (χ0) is 15.2. The summed E-state index contributed by atoms with van der Waals surface area (Å²) >= 11 is 0. The number of para-hydroxylation sites is 1. The van der Waals surface area contributed by atoms with Crippen molar-refractivity contribution in [2.24, 2.45) is 0 Å². The zero-order valence-corrected chi connectivity index (χ0v) is 12.8. The van der Waals surface area contributed by atoms with Crippen LogP contribution >= 0.6 is 0 Å². The van der Waals surface area contributed by atoms with Gasteiger partial charge in [-0.3, -0.25) is 0 Å². The normalized spacial score (nSPS) is 13.7. The van der Waals surface area contributed by atoms with Crippen molar-refractivity contribution >= 4 is 0 Å². The van der Waals surface area contributed by atoms with Gasteiger partial charge in [-0.2, -0.15) is 0 Å². The average Bonchev–Trinajstić information content (AvgIpc) is 2.47. The van der Waals surface area contributed by atoms with Gasteiger partial charge in [0.2, 0.25) is 0 Å². The Kier molecular flexibility index (Phi) is 5.34. The second kappa shape index (κ2) is 7.23. The maximum absolute atomic E-state index is 13.2. The smallest absolute Gasteiger partial charge is 0.123 e. The van der Waals surface area contributed by atoms with Crippen LogP contribution in [0.1, 0.15) is 31.0 Å². The maximum atomic E-state index is 13.2. The van der Waals surface area contributed by atoms with E-state index in [-0.39, 0.29) is 17.9 Å². The van der Waals surface area contributed by atoms with E-state index in [0.717, 1.165) is 23.3 Å². The fraction of sp³-hybridized carbons (Fsp3) is 0.333. The average molecular weight is 287 g/mol. The number of hydrogen-bond acceptors (Lipinski definition) is 2. The van der Waals surface area contributed by atoms with Crippen LogP contribution in [0.15, 0.2) is 48.5 Å². The first-order valence-electron chi connectivity index (χ1n) is 7.23. The molecule has 0 bridgehead atoms. The lowest BCUT2D eigenvalue weighted by molar-refractivity contribution is 0.395. The highest BCUT2D eigenvalue weighted by atomic mass is 19.1. The Morgan fingerprint density at radius 2 is 1.86 bits per heavy atom. The summed E-state index contributed by atoms with van der Waals surface area (Å²) in [7, 11) is 1.68. The molecule has 0 fully saturated rings. The summed E-state index contributed by atoms with van der Waals surface area (Å²) in [4.78, 5) is 0. The van der Waals surface area contributed by atoms with Crippen LogP contribution < -0.4 is 10.1 Å². The summed E-state index contributed by atoms with van der Waals surface area (Å²) in [5.41, 5.74) is 2.13. The molecule has 0 saturated heterocycles. The second-order valence-electron chi connectivity index (χ2n) is 5.37. The van der Waals surface area contributed by atoms with Gasteiger partial charge in [0.15, 0.2) is 0 Å². The van der Waals surface area contributed by atoms with Gasteiger partial charge in [0.25, 0.3) is 0 Å². The van der Waals surface area contributed by atoms with E-state index in [4.69, 9.17) is 4.74 Å². The van der Waals surface area contributed by atoms with Crippen molar-refractivity contribution in [1.29, 1.82) is 0 Å². The molecule has 0 heterocycles. The van der Waals surface area contributed by atoms with Gasteiger partial charge >= 0.3 is 0 Å². The van der Waals surface area contributed by atoms with E-state index in [9.17, 15) is 4.39 Å². The molecular weight excluding hydrogens is 265 g/mol. The Labute approximate surface area is 126 Å². The van der Waals surface area contributed by atoms with Crippen molar-refractivity contribution in [3.8, 4) is 5.75 Å². The third-order valence-corrected chi connectivity index (χ3v) is 3.57. The highest BCUT2D eigenvalue weighted by Crippen LogP contribution is 2.24. The van der Waals surface area contributed by atoms with Crippen LogP contribution in [0.4, 0.5) is 4.39 Å². The molecular formula is C18H22FNO. The number of halogens is 1. The molecule has 0 spiro atoms. The number of methoxy groups -OCH3 is 1. The molecule has 0 aliphatic rings. The molecule has 0 amide bonds. The Hall–Kier alpha value is -1.87. The highest BCUT2D eigenvalue weighted by Gasteiger charge is 2.13. The minimum absolute atomic E-state index is 0.171. The summed E-state index contributed by atoms with van der Waals surface area (Å²) in [5, 5.41) is 3.54. The summed E-state index contributed by atoms with van der Waals surface area (Å²) < 4.78 is 18.6. The van der Waals surface area contributed by atoms with Crippen LogP contribution in [0, 0.1) is 5.82 Å². The molecule has 0 saturated carbocycles. The first kappa shape index (κ1) is 15.5. The van der Waals surface area contributed by atoms with Crippen molar-refractivity contribution in [2.75, 3.05) is 7.11 Å². The summed E-state index contributed by atoms with van der Waals surface area (Å²) in [5.74, 6) is 0.702. The molecule has 2 nitrogen and oxygen atoms in total. The van der Waals surface area contributed by atoms with E-state index in [0.29, 0.717) is 0 Å². The minimum atomic E-state index is -0.183. The summed E-state index contributed by atoms with van der Waals surface area (Å²) in [6.07, 6.45) is 0.789. The number of hydrogen-bond donors (Lipinski definition) is 1. The molecule has 2 atom stereocenters. The molecule has 21 heavy (non-hydrogen) atoms. The lowest BCUT2D eigenvalue weighted by Crippen LogP contribution is -2.30. The molecule has 1 unspecified atom stereocenters.